The van der Waals surface area contributed by atoms with Crippen LogP contribution in [-0.4, -0.2) is 18.4 Å². The van der Waals surface area contributed by atoms with Gasteiger partial charge in [-0.15, -0.1) is 0 Å². The Balaban J connectivity index is 1.89. The van der Waals surface area contributed by atoms with Crippen LogP contribution < -0.4 is 0 Å². The van der Waals surface area contributed by atoms with Crippen LogP contribution in [0, 0.1) is 0 Å². The molecule has 4 heteroatoms. The topological polar surface area (TPSA) is 35.5 Å². The van der Waals surface area contributed by atoms with Gasteiger partial charge in [-0.05, 0) is 45.4 Å². The van der Waals surface area contributed by atoms with Crippen molar-refractivity contribution in [2.75, 3.05) is 6.16 Å². The normalized spacial score (nSPS) is 23.3. The summed E-state index contributed by atoms with van der Waals surface area (Å²) in [7, 11) is -2.87. The van der Waals surface area contributed by atoms with Crippen LogP contribution in [0.1, 0.15) is 45.4 Å². The molecule has 0 saturated heterocycles. The largest absolute Gasteiger partial charge is 0.334 e. The number of allylic oxidation sites excluding steroid dienone is 2. The van der Waals surface area contributed by atoms with Gasteiger partial charge in [-0.2, -0.15) is 0 Å². The molecule has 0 radical (unpaired) electrons. The van der Waals surface area contributed by atoms with Gasteiger partial charge in [-0.3, -0.25) is 4.57 Å². The molecule has 0 heterocycles. The second kappa shape index (κ2) is 5.48. The van der Waals surface area contributed by atoms with Crippen molar-refractivity contribution >= 4 is 7.60 Å². The van der Waals surface area contributed by atoms with Crippen molar-refractivity contribution in [3.05, 3.63) is 12.2 Å². The monoisotopic (exact) mass is 244 g/mol. The molecule has 0 bridgehead atoms. The predicted molar refractivity (Wildman–Crippen MR) is 64.7 cm³/mol. The quantitative estimate of drug-likeness (QED) is 0.525. The maximum absolute atomic E-state index is 12.5. The van der Waals surface area contributed by atoms with Crippen LogP contribution in [0.3, 0.4) is 0 Å². The summed E-state index contributed by atoms with van der Waals surface area (Å²) in [6.45, 7) is 1.93. The van der Waals surface area contributed by atoms with Crippen molar-refractivity contribution in [2.24, 2.45) is 0 Å². The molecule has 16 heavy (non-hydrogen) atoms. The van der Waals surface area contributed by atoms with Gasteiger partial charge >= 0.3 is 7.60 Å². The van der Waals surface area contributed by atoms with E-state index in [1.807, 2.05) is 19.1 Å². The minimum atomic E-state index is -2.87. The summed E-state index contributed by atoms with van der Waals surface area (Å²) >= 11 is 0. The van der Waals surface area contributed by atoms with Crippen molar-refractivity contribution in [3.8, 4) is 0 Å². The highest BCUT2D eigenvalue weighted by molar-refractivity contribution is 7.54. The first-order valence-electron chi connectivity index (χ1n) is 6.29. The number of hydrogen-bond acceptors (Lipinski definition) is 3. The van der Waals surface area contributed by atoms with Gasteiger partial charge in [0.1, 0.15) is 0 Å². The van der Waals surface area contributed by atoms with E-state index in [-0.39, 0.29) is 12.2 Å². The Kier molecular flexibility index (Phi) is 4.23. The summed E-state index contributed by atoms with van der Waals surface area (Å²) in [5.74, 6) is 0. The Bertz CT molecular complexity index is 273. The third-order valence-corrected chi connectivity index (χ3v) is 5.19. The smallest absolute Gasteiger partial charge is 0.305 e. The van der Waals surface area contributed by atoms with E-state index in [2.05, 4.69) is 0 Å². The lowest BCUT2D eigenvalue weighted by Gasteiger charge is -2.34. The van der Waals surface area contributed by atoms with Gasteiger partial charge in [-0.25, -0.2) is 0 Å². The lowest BCUT2D eigenvalue weighted by molar-refractivity contribution is 0.0503. The van der Waals surface area contributed by atoms with Crippen LogP contribution in [0.2, 0.25) is 0 Å². The van der Waals surface area contributed by atoms with E-state index in [4.69, 9.17) is 9.05 Å². The van der Waals surface area contributed by atoms with Crippen molar-refractivity contribution in [2.45, 2.75) is 57.7 Å². The molecule has 3 nitrogen and oxygen atoms in total. The molecule has 0 N–H and O–H groups in total. The minimum absolute atomic E-state index is 0.177. The zero-order valence-corrected chi connectivity index (χ0v) is 10.8. The fourth-order valence-corrected chi connectivity index (χ4v) is 3.77. The van der Waals surface area contributed by atoms with E-state index >= 15 is 0 Å². The number of rotatable bonds is 6. The van der Waals surface area contributed by atoms with Crippen LogP contribution >= 0.6 is 7.60 Å². The van der Waals surface area contributed by atoms with Crippen molar-refractivity contribution < 1.29 is 13.6 Å². The summed E-state index contributed by atoms with van der Waals surface area (Å²) in [6.07, 6.45) is 11.1. The highest BCUT2D eigenvalue weighted by atomic mass is 31.2. The standard InChI is InChI=1S/C12H21O3P/c1-2-3-10-16(13,14-11-6-4-7-11)15-12-8-5-9-12/h2-3,11-12H,4-10H2,1H3/b3-2+. The highest BCUT2D eigenvalue weighted by Crippen LogP contribution is 2.54. The molecule has 0 aliphatic heterocycles. The predicted octanol–water partition coefficient (Wildman–Crippen LogP) is 3.89. The second-order valence-corrected chi connectivity index (χ2v) is 6.69. The lowest BCUT2D eigenvalue weighted by Crippen LogP contribution is -2.25. The molecular formula is C12H21O3P. The molecule has 2 saturated carbocycles. The first-order valence-corrected chi connectivity index (χ1v) is 8.02. The van der Waals surface area contributed by atoms with Crippen LogP contribution in [0.4, 0.5) is 0 Å². The summed E-state index contributed by atoms with van der Waals surface area (Å²) < 4.78 is 23.8. The maximum Gasteiger partial charge on any atom is 0.334 e. The van der Waals surface area contributed by atoms with E-state index in [0.29, 0.717) is 6.16 Å². The second-order valence-electron chi connectivity index (χ2n) is 4.68. The van der Waals surface area contributed by atoms with E-state index in [1.54, 1.807) is 0 Å². The third-order valence-electron chi connectivity index (χ3n) is 3.29. The fraction of sp³-hybridized carbons (Fsp3) is 0.833. The lowest BCUT2D eigenvalue weighted by atomic mass is 9.97. The molecule has 0 unspecified atom stereocenters. The van der Waals surface area contributed by atoms with Gasteiger partial charge in [0, 0.05) is 0 Å². The molecule has 2 rings (SSSR count). The van der Waals surface area contributed by atoms with E-state index < -0.39 is 7.60 Å². The van der Waals surface area contributed by atoms with Crippen LogP contribution in [0.15, 0.2) is 12.2 Å². The number of hydrogen-bond donors (Lipinski definition) is 0. The Labute approximate surface area is 97.7 Å². The SMILES string of the molecule is C/C=C/CP(=O)(OC1CCC1)OC1CCC1. The molecule has 0 aromatic heterocycles. The van der Waals surface area contributed by atoms with Crippen molar-refractivity contribution in [3.63, 3.8) is 0 Å². The molecule has 0 amide bonds. The highest BCUT2D eigenvalue weighted by Gasteiger charge is 2.35. The fourth-order valence-electron chi connectivity index (χ4n) is 1.75. The van der Waals surface area contributed by atoms with Gasteiger partial charge in [0.25, 0.3) is 0 Å². The molecule has 0 aromatic rings. The summed E-state index contributed by atoms with van der Waals surface area (Å²) in [5, 5.41) is 0. The minimum Gasteiger partial charge on any atom is -0.305 e. The van der Waals surface area contributed by atoms with Gasteiger partial charge < -0.3 is 9.05 Å². The molecule has 2 aliphatic carbocycles. The van der Waals surface area contributed by atoms with Crippen LogP contribution in [0.25, 0.3) is 0 Å². The average molecular weight is 244 g/mol. The van der Waals surface area contributed by atoms with Crippen LogP contribution in [-0.2, 0) is 13.6 Å². The molecule has 0 aromatic carbocycles. The molecule has 92 valence electrons. The Morgan fingerprint density at radius 3 is 1.94 bits per heavy atom. The van der Waals surface area contributed by atoms with Crippen molar-refractivity contribution in [1.82, 2.24) is 0 Å². The zero-order valence-electron chi connectivity index (χ0n) is 9.93. The first kappa shape index (κ1) is 12.3. The van der Waals surface area contributed by atoms with E-state index in [1.165, 1.54) is 12.8 Å². The molecule has 0 atom stereocenters. The van der Waals surface area contributed by atoms with Crippen LogP contribution in [0.5, 0.6) is 0 Å². The van der Waals surface area contributed by atoms with Gasteiger partial charge in [0.2, 0.25) is 0 Å². The molecule has 2 aliphatic rings. The molecule has 2 fully saturated rings. The Morgan fingerprint density at radius 1 is 1.12 bits per heavy atom. The summed E-state index contributed by atoms with van der Waals surface area (Å²) in [5.41, 5.74) is 0. The summed E-state index contributed by atoms with van der Waals surface area (Å²) in [4.78, 5) is 0. The zero-order chi connectivity index (χ0) is 11.4. The maximum atomic E-state index is 12.5. The van der Waals surface area contributed by atoms with E-state index in [0.717, 1.165) is 25.7 Å². The average Bonchev–Trinajstić information content (AvgIpc) is 2.15. The molecular weight excluding hydrogens is 223 g/mol. The Morgan fingerprint density at radius 2 is 1.62 bits per heavy atom. The summed E-state index contributed by atoms with van der Waals surface area (Å²) in [6, 6.07) is 0. The van der Waals surface area contributed by atoms with Gasteiger partial charge in [0.15, 0.2) is 0 Å². The van der Waals surface area contributed by atoms with Crippen molar-refractivity contribution in [1.29, 1.82) is 0 Å². The first-order chi connectivity index (χ1) is 7.72. The molecule has 0 spiro atoms. The van der Waals surface area contributed by atoms with Gasteiger partial charge in [-0.1, -0.05) is 12.2 Å². The van der Waals surface area contributed by atoms with Gasteiger partial charge in [0.05, 0.1) is 18.4 Å². The third kappa shape index (κ3) is 3.19. The van der Waals surface area contributed by atoms with E-state index in [9.17, 15) is 4.57 Å². The Hall–Kier alpha value is -0.110.